The first-order valence-corrected chi connectivity index (χ1v) is 5.61. The summed E-state index contributed by atoms with van der Waals surface area (Å²) >= 11 is 0. The fourth-order valence-electron chi connectivity index (χ4n) is 1.32. The molecule has 0 radical (unpaired) electrons. The Hall–Kier alpha value is -1.88. The molecule has 0 unspecified atom stereocenters. The average molecular weight is 233 g/mol. The van der Waals surface area contributed by atoms with E-state index in [1.807, 2.05) is 0 Å². The minimum absolute atomic E-state index is 0.242. The summed E-state index contributed by atoms with van der Waals surface area (Å²) in [7, 11) is 0. The van der Waals surface area contributed by atoms with Crippen LogP contribution in [0, 0.1) is 0 Å². The van der Waals surface area contributed by atoms with Crippen molar-refractivity contribution in [3.8, 4) is 11.8 Å². The van der Waals surface area contributed by atoms with Crippen LogP contribution in [0.5, 0.6) is 11.8 Å². The molecular weight excluding hydrogens is 218 g/mol. The number of nitrogens with zero attached hydrogens (tertiary/aromatic N) is 2. The van der Waals surface area contributed by atoms with E-state index in [2.05, 4.69) is 22.2 Å². The quantitative estimate of drug-likeness (QED) is 0.776. The molecule has 5 heteroatoms. The molecule has 0 aliphatic carbocycles. The average Bonchev–Trinajstić information content (AvgIpc) is 2.79. The molecule has 0 atom stereocenters. The maximum atomic E-state index is 5.40. The molecule has 90 valence electrons. The highest BCUT2D eigenvalue weighted by molar-refractivity contribution is 5.19. The van der Waals surface area contributed by atoms with Crippen LogP contribution in [0.15, 0.2) is 35.2 Å². The van der Waals surface area contributed by atoms with E-state index in [1.165, 1.54) is 0 Å². The molecular formula is C12H15N3O2. The minimum Gasteiger partial charge on any atom is -0.417 e. The number of rotatable bonds is 6. The SMILES string of the molecule is CCCNCc1coc(Oc2cccnc2)n1. The third-order valence-electron chi connectivity index (χ3n) is 2.10. The Morgan fingerprint density at radius 1 is 1.47 bits per heavy atom. The Morgan fingerprint density at radius 3 is 3.18 bits per heavy atom. The van der Waals surface area contributed by atoms with Crippen molar-refractivity contribution < 1.29 is 9.15 Å². The van der Waals surface area contributed by atoms with Gasteiger partial charge in [0.1, 0.15) is 6.26 Å². The molecule has 0 saturated heterocycles. The molecule has 0 fully saturated rings. The van der Waals surface area contributed by atoms with E-state index in [-0.39, 0.29) is 6.08 Å². The van der Waals surface area contributed by atoms with Crippen LogP contribution in [0.25, 0.3) is 0 Å². The Bertz CT molecular complexity index is 442. The van der Waals surface area contributed by atoms with Crippen molar-refractivity contribution in [2.24, 2.45) is 0 Å². The van der Waals surface area contributed by atoms with Crippen molar-refractivity contribution in [2.45, 2.75) is 19.9 Å². The van der Waals surface area contributed by atoms with Gasteiger partial charge in [-0.1, -0.05) is 6.92 Å². The van der Waals surface area contributed by atoms with E-state index < -0.39 is 0 Å². The lowest BCUT2D eigenvalue weighted by atomic mass is 10.4. The summed E-state index contributed by atoms with van der Waals surface area (Å²) < 4.78 is 10.6. The van der Waals surface area contributed by atoms with Gasteiger partial charge in [0.05, 0.1) is 11.9 Å². The molecule has 2 aromatic rings. The van der Waals surface area contributed by atoms with Gasteiger partial charge in [0, 0.05) is 12.7 Å². The van der Waals surface area contributed by atoms with Crippen molar-refractivity contribution >= 4 is 0 Å². The van der Waals surface area contributed by atoms with Crippen molar-refractivity contribution in [3.05, 3.63) is 36.5 Å². The number of hydrogen-bond donors (Lipinski definition) is 1. The summed E-state index contributed by atoms with van der Waals surface area (Å²) in [5.74, 6) is 0.613. The number of pyridine rings is 1. The second-order valence-corrected chi connectivity index (χ2v) is 3.57. The van der Waals surface area contributed by atoms with Gasteiger partial charge in [0.25, 0.3) is 0 Å². The van der Waals surface area contributed by atoms with Crippen LogP contribution in [0.2, 0.25) is 0 Å². The standard InChI is InChI=1S/C12H15N3O2/c1-2-5-13-7-10-9-16-12(15-10)17-11-4-3-6-14-8-11/h3-4,6,8-9,13H,2,5,7H2,1H3. The Balaban J connectivity index is 1.90. The molecule has 0 bridgehead atoms. The molecule has 0 spiro atoms. The van der Waals surface area contributed by atoms with Gasteiger partial charge in [-0.25, -0.2) is 0 Å². The third kappa shape index (κ3) is 3.57. The predicted octanol–water partition coefficient (Wildman–Crippen LogP) is 2.36. The summed E-state index contributed by atoms with van der Waals surface area (Å²) in [6.07, 6.45) is 6.22. The molecule has 0 amide bonds. The van der Waals surface area contributed by atoms with Gasteiger partial charge in [0.2, 0.25) is 0 Å². The second-order valence-electron chi connectivity index (χ2n) is 3.57. The maximum Gasteiger partial charge on any atom is 0.399 e. The van der Waals surface area contributed by atoms with Gasteiger partial charge in [-0.15, -0.1) is 0 Å². The molecule has 2 rings (SSSR count). The van der Waals surface area contributed by atoms with Crippen molar-refractivity contribution in [1.82, 2.24) is 15.3 Å². The Morgan fingerprint density at radius 2 is 2.41 bits per heavy atom. The van der Waals surface area contributed by atoms with E-state index in [1.54, 1.807) is 30.8 Å². The lowest BCUT2D eigenvalue weighted by Gasteiger charge is -1.98. The zero-order chi connectivity index (χ0) is 11.9. The van der Waals surface area contributed by atoms with Gasteiger partial charge in [0.15, 0.2) is 5.75 Å². The molecule has 2 aromatic heterocycles. The number of nitrogens with one attached hydrogen (secondary N) is 1. The zero-order valence-electron chi connectivity index (χ0n) is 9.72. The fraction of sp³-hybridized carbons (Fsp3) is 0.333. The van der Waals surface area contributed by atoms with Gasteiger partial charge < -0.3 is 14.5 Å². The molecule has 0 saturated carbocycles. The molecule has 0 aliphatic heterocycles. The van der Waals surface area contributed by atoms with Crippen LogP contribution in [-0.2, 0) is 6.54 Å². The highest BCUT2D eigenvalue weighted by Crippen LogP contribution is 2.18. The monoisotopic (exact) mass is 233 g/mol. The van der Waals surface area contributed by atoms with Crippen LogP contribution < -0.4 is 10.1 Å². The van der Waals surface area contributed by atoms with Crippen LogP contribution >= 0.6 is 0 Å². The van der Waals surface area contributed by atoms with Crippen LogP contribution in [0.3, 0.4) is 0 Å². The summed E-state index contributed by atoms with van der Waals surface area (Å²) in [6.45, 7) is 3.77. The Labute approximate surface area is 99.8 Å². The molecule has 2 heterocycles. The van der Waals surface area contributed by atoms with Gasteiger partial charge in [-0.2, -0.15) is 4.98 Å². The maximum absolute atomic E-state index is 5.40. The fourth-order valence-corrected chi connectivity index (χ4v) is 1.32. The highest BCUT2D eigenvalue weighted by Gasteiger charge is 2.05. The highest BCUT2D eigenvalue weighted by atomic mass is 16.6. The number of hydrogen-bond acceptors (Lipinski definition) is 5. The largest absolute Gasteiger partial charge is 0.417 e. The van der Waals surface area contributed by atoms with Crippen LogP contribution in [0.1, 0.15) is 19.0 Å². The summed E-state index contributed by atoms with van der Waals surface area (Å²) in [5.41, 5.74) is 0.831. The topological polar surface area (TPSA) is 60.2 Å². The predicted molar refractivity (Wildman–Crippen MR) is 62.8 cm³/mol. The van der Waals surface area contributed by atoms with E-state index in [9.17, 15) is 0 Å². The van der Waals surface area contributed by atoms with Crippen molar-refractivity contribution in [1.29, 1.82) is 0 Å². The smallest absolute Gasteiger partial charge is 0.399 e. The molecule has 0 aromatic carbocycles. The molecule has 1 N–H and O–H groups in total. The van der Waals surface area contributed by atoms with Crippen molar-refractivity contribution in [3.63, 3.8) is 0 Å². The normalized spacial score (nSPS) is 10.4. The first kappa shape index (κ1) is 11.6. The van der Waals surface area contributed by atoms with Gasteiger partial charge >= 0.3 is 6.08 Å². The van der Waals surface area contributed by atoms with Crippen LogP contribution in [-0.4, -0.2) is 16.5 Å². The van der Waals surface area contributed by atoms with Gasteiger partial charge in [-0.3, -0.25) is 4.98 Å². The molecule has 0 aliphatic rings. The lowest BCUT2D eigenvalue weighted by Crippen LogP contribution is -2.13. The zero-order valence-corrected chi connectivity index (χ0v) is 9.72. The van der Waals surface area contributed by atoms with E-state index in [0.717, 1.165) is 18.7 Å². The lowest BCUT2D eigenvalue weighted by molar-refractivity contribution is 0.330. The number of oxazole rings is 1. The second kappa shape index (κ2) is 6.00. The van der Waals surface area contributed by atoms with Crippen molar-refractivity contribution in [2.75, 3.05) is 6.54 Å². The summed E-state index contributed by atoms with van der Waals surface area (Å²) in [4.78, 5) is 8.14. The van der Waals surface area contributed by atoms with E-state index in [0.29, 0.717) is 12.3 Å². The Kier molecular flexibility index (Phi) is 4.10. The summed E-state index contributed by atoms with van der Waals surface area (Å²) in [6, 6.07) is 3.59. The number of ether oxygens (including phenoxy) is 1. The summed E-state index contributed by atoms with van der Waals surface area (Å²) in [5, 5.41) is 3.24. The third-order valence-corrected chi connectivity index (χ3v) is 2.10. The van der Waals surface area contributed by atoms with E-state index in [4.69, 9.17) is 9.15 Å². The number of aromatic nitrogens is 2. The molecule has 5 nitrogen and oxygen atoms in total. The van der Waals surface area contributed by atoms with Gasteiger partial charge in [-0.05, 0) is 25.1 Å². The van der Waals surface area contributed by atoms with E-state index >= 15 is 0 Å². The minimum atomic E-state index is 0.242. The first-order valence-electron chi connectivity index (χ1n) is 5.61. The molecule has 17 heavy (non-hydrogen) atoms. The van der Waals surface area contributed by atoms with Crippen LogP contribution in [0.4, 0.5) is 0 Å². The first-order chi connectivity index (χ1) is 8.38.